The maximum Gasteiger partial charge on any atom is 0.317 e. The molecular formula is C15H21N3O3. The van der Waals surface area contributed by atoms with E-state index in [4.69, 9.17) is 4.74 Å². The van der Waals surface area contributed by atoms with Gasteiger partial charge in [-0.3, -0.25) is 4.79 Å². The second-order valence-corrected chi connectivity index (χ2v) is 5.75. The molecule has 3 rings (SSSR count). The maximum atomic E-state index is 12.1. The zero-order valence-corrected chi connectivity index (χ0v) is 12.5. The molecule has 0 aromatic carbocycles. The molecule has 2 amide bonds. The van der Waals surface area contributed by atoms with Crippen LogP contribution in [0.2, 0.25) is 0 Å². The van der Waals surface area contributed by atoms with Gasteiger partial charge >= 0.3 is 6.03 Å². The second kappa shape index (κ2) is 5.42. The van der Waals surface area contributed by atoms with Gasteiger partial charge in [-0.15, -0.1) is 0 Å². The molecule has 1 saturated carbocycles. The summed E-state index contributed by atoms with van der Waals surface area (Å²) in [5, 5.41) is 2.76. The van der Waals surface area contributed by atoms with E-state index in [2.05, 4.69) is 5.32 Å². The quantitative estimate of drug-likeness (QED) is 0.909. The Kier molecular flexibility index (Phi) is 3.61. The highest BCUT2D eigenvalue weighted by atomic mass is 16.5. The molecule has 0 unspecified atom stereocenters. The fourth-order valence-corrected chi connectivity index (χ4v) is 2.68. The van der Waals surface area contributed by atoms with E-state index >= 15 is 0 Å². The molecule has 0 spiro atoms. The van der Waals surface area contributed by atoms with Crippen molar-refractivity contribution >= 4 is 6.03 Å². The zero-order valence-electron chi connectivity index (χ0n) is 12.5. The summed E-state index contributed by atoms with van der Waals surface area (Å²) in [6, 6.07) is 3.79. The van der Waals surface area contributed by atoms with Crippen LogP contribution in [0.1, 0.15) is 31.5 Å². The first kappa shape index (κ1) is 14.0. The van der Waals surface area contributed by atoms with Crippen LogP contribution < -0.4 is 15.6 Å². The number of aromatic nitrogens is 1. The molecule has 2 fully saturated rings. The predicted molar refractivity (Wildman–Crippen MR) is 78.8 cm³/mol. The average molecular weight is 291 g/mol. The van der Waals surface area contributed by atoms with Crippen LogP contribution in [0.25, 0.3) is 0 Å². The Morgan fingerprint density at radius 2 is 2.10 bits per heavy atom. The fraction of sp³-hybridized carbons (Fsp3) is 0.600. The topological polar surface area (TPSA) is 63.6 Å². The average Bonchev–Trinajstić information content (AvgIpc) is 3.17. The van der Waals surface area contributed by atoms with Gasteiger partial charge < -0.3 is 19.5 Å². The molecule has 1 saturated heterocycles. The van der Waals surface area contributed by atoms with Crippen molar-refractivity contribution in [1.29, 1.82) is 0 Å². The molecule has 1 N–H and O–H groups in total. The van der Waals surface area contributed by atoms with Gasteiger partial charge in [0.05, 0.1) is 13.1 Å². The number of pyridine rings is 1. The number of hydrogen-bond acceptors (Lipinski definition) is 3. The number of carbonyl (C=O) groups is 1. The van der Waals surface area contributed by atoms with Gasteiger partial charge in [-0.2, -0.15) is 0 Å². The van der Waals surface area contributed by atoms with Gasteiger partial charge in [0.1, 0.15) is 11.9 Å². The predicted octanol–water partition coefficient (Wildman–Crippen LogP) is 1.28. The minimum atomic E-state index is -0.0577. The number of nitrogens with zero attached hydrogens (tertiary/aromatic N) is 2. The first-order valence-corrected chi connectivity index (χ1v) is 7.51. The van der Waals surface area contributed by atoms with Crippen molar-refractivity contribution in [2.75, 3.05) is 19.6 Å². The molecule has 6 nitrogen and oxygen atoms in total. The summed E-state index contributed by atoms with van der Waals surface area (Å²) in [4.78, 5) is 25.4. The van der Waals surface area contributed by atoms with E-state index in [-0.39, 0.29) is 17.7 Å². The monoisotopic (exact) mass is 291 g/mol. The molecule has 21 heavy (non-hydrogen) atoms. The normalized spacial score (nSPS) is 18.3. The van der Waals surface area contributed by atoms with Crippen LogP contribution in [0.5, 0.6) is 5.75 Å². The van der Waals surface area contributed by atoms with Gasteiger partial charge in [0, 0.05) is 24.3 Å². The Morgan fingerprint density at radius 3 is 2.67 bits per heavy atom. The Bertz CT molecular complexity index is 601. The van der Waals surface area contributed by atoms with Crippen molar-refractivity contribution in [1.82, 2.24) is 14.8 Å². The molecule has 0 bridgehead atoms. The molecule has 2 heterocycles. The molecule has 0 atom stereocenters. The number of carbonyl (C=O) groups excluding carboxylic acids is 1. The fourth-order valence-electron chi connectivity index (χ4n) is 2.68. The van der Waals surface area contributed by atoms with E-state index in [9.17, 15) is 9.59 Å². The van der Waals surface area contributed by atoms with Crippen LogP contribution in [0, 0.1) is 6.92 Å². The Hall–Kier alpha value is -1.98. The smallest absolute Gasteiger partial charge is 0.317 e. The van der Waals surface area contributed by atoms with Gasteiger partial charge in [-0.05, 0) is 32.8 Å². The van der Waals surface area contributed by atoms with Crippen molar-refractivity contribution in [3.05, 3.63) is 28.2 Å². The molecular weight excluding hydrogens is 270 g/mol. The standard InChI is InChI=1S/C15H21N3O3/c1-3-16-15(20)17-8-13(9-17)21-12-6-10(2)18(11-4-5-11)14(19)7-12/h6-7,11,13H,3-5,8-9H2,1-2H3,(H,16,20). The molecule has 114 valence electrons. The maximum absolute atomic E-state index is 12.1. The van der Waals surface area contributed by atoms with E-state index in [0.29, 0.717) is 31.4 Å². The summed E-state index contributed by atoms with van der Waals surface area (Å²) in [5.74, 6) is 0.606. The lowest BCUT2D eigenvalue weighted by Crippen LogP contribution is -2.58. The number of rotatable bonds is 4. The summed E-state index contributed by atoms with van der Waals surface area (Å²) in [7, 11) is 0. The first-order valence-electron chi connectivity index (χ1n) is 7.51. The molecule has 2 aliphatic rings. The van der Waals surface area contributed by atoms with Crippen LogP contribution in [0.3, 0.4) is 0 Å². The van der Waals surface area contributed by atoms with Crippen LogP contribution in [0.4, 0.5) is 4.79 Å². The molecule has 1 aromatic rings. The van der Waals surface area contributed by atoms with Gasteiger partial charge in [-0.1, -0.05) is 0 Å². The van der Waals surface area contributed by atoms with E-state index in [1.54, 1.807) is 11.0 Å². The molecule has 6 heteroatoms. The largest absolute Gasteiger partial charge is 0.486 e. The van der Waals surface area contributed by atoms with Crippen molar-refractivity contribution in [3.8, 4) is 5.75 Å². The molecule has 1 aliphatic carbocycles. The summed E-state index contributed by atoms with van der Waals surface area (Å²) >= 11 is 0. The lowest BCUT2D eigenvalue weighted by Gasteiger charge is -2.38. The molecule has 0 radical (unpaired) electrons. The molecule has 1 aromatic heterocycles. The third-order valence-corrected chi connectivity index (χ3v) is 3.91. The lowest BCUT2D eigenvalue weighted by atomic mass is 10.2. The SMILES string of the molecule is CCNC(=O)N1CC(Oc2cc(C)n(C3CC3)c(=O)c2)C1. The van der Waals surface area contributed by atoms with Crippen molar-refractivity contribution in [2.24, 2.45) is 0 Å². The highest BCUT2D eigenvalue weighted by molar-refractivity contribution is 5.75. The van der Waals surface area contributed by atoms with E-state index < -0.39 is 0 Å². The van der Waals surface area contributed by atoms with Gasteiger partial charge in [0.2, 0.25) is 0 Å². The minimum Gasteiger partial charge on any atom is -0.486 e. The highest BCUT2D eigenvalue weighted by Gasteiger charge is 2.32. The van der Waals surface area contributed by atoms with Crippen molar-refractivity contribution < 1.29 is 9.53 Å². The Balaban J connectivity index is 1.60. The summed E-state index contributed by atoms with van der Waals surface area (Å²) in [6.07, 6.45) is 2.15. The van der Waals surface area contributed by atoms with E-state index in [0.717, 1.165) is 18.5 Å². The number of aryl methyl sites for hydroxylation is 1. The Morgan fingerprint density at radius 1 is 1.38 bits per heavy atom. The van der Waals surface area contributed by atoms with Crippen LogP contribution >= 0.6 is 0 Å². The third-order valence-electron chi connectivity index (χ3n) is 3.91. The Labute approximate surface area is 123 Å². The van der Waals surface area contributed by atoms with E-state index in [1.807, 2.05) is 24.5 Å². The highest BCUT2D eigenvalue weighted by Crippen LogP contribution is 2.34. The lowest BCUT2D eigenvalue weighted by molar-refractivity contribution is 0.0444. The van der Waals surface area contributed by atoms with Crippen LogP contribution in [-0.4, -0.2) is 41.2 Å². The van der Waals surface area contributed by atoms with E-state index in [1.165, 1.54) is 0 Å². The molecule has 1 aliphatic heterocycles. The van der Waals surface area contributed by atoms with Crippen molar-refractivity contribution in [3.63, 3.8) is 0 Å². The third kappa shape index (κ3) is 2.89. The zero-order chi connectivity index (χ0) is 15.0. The van der Waals surface area contributed by atoms with Gasteiger partial charge in [-0.25, -0.2) is 4.79 Å². The number of likely N-dealkylation sites (tertiary alicyclic amines) is 1. The number of nitrogens with one attached hydrogen (secondary N) is 1. The first-order chi connectivity index (χ1) is 10.1. The number of hydrogen-bond donors (Lipinski definition) is 1. The number of urea groups is 1. The number of amides is 2. The van der Waals surface area contributed by atoms with Crippen LogP contribution in [0.15, 0.2) is 16.9 Å². The number of ether oxygens (including phenoxy) is 1. The minimum absolute atomic E-state index is 0.00686. The summed E-state index contributed by atoms with van der Waals surface area (Å²) in [5.41, 5.74) is 0.951. The summed E-state index contributed by atoms with van der Waals surface area (Å²) < 4.78 is 7.63. The van der Waals surface area contributed by atoms with Crippen LogP contribution in [-0.2, 0) is 0 Å². The van der Waals surface area contributed by atoms with Crippen molar-refractivity contribution in [2.45, 2.75) is 38.8 Å². The second-order valence-electron chi connectivity index (χ2n) is 5.75. The van der Waals surface area contributed by atoms with Gasteiger partial charge in [0.15, 0.2) is 0 Å². The van der Waals surface area contributed by atoms with Gasteiger partial charge in [0.25, 0.3) is 5.56 Å². The summed E-state index contributed by atoms with van der Waals surface area (Å²) in [6.45, 7) is 5.59.